The number of carbonyl (C=O) groups is 1. The lowest BCUT2D eigenvalue weighted by Gasteiger charge is -2.10. The standard InChI is InChI=1S/C24H27N3O4/c1-4-30-20-7-5-19(6-8-20)22-14-24(29)27(16-26-22)10-9-25-23(28)15-31-21-12-17(2)11-18(3)13-21/h5-8,11-14,16H,4,9-10,15H2,1-3H3,(H,25,28). The zero-order valence-corrected chi connectivity index (χ0v) is 18.1. The zero-order chi connectivity index (χ0) is 22.2. The molecule has 0 saturated heterocycles. The smallest absolute Gasteiger partial charge is 0.258 e. The number of amides is 1. The highest BCUT2D eigenvalue weighted by molar-refractivity contribution is 5.77. The van der Waals surface area contributed by atoms with Gasteiger partial charge in [0.15, 0.2) is 6.61 Å². The third-order valence-corrected chi connectivity index (χ3v) is 4.58. The average Bonchev–Trinajstić information content (AvgIpc) is 2.73. The van der Waals surface area contributed by atoms with Gasteiger partial charge in [0.05, 0.1) is 18.6 Å². The summed E-state index contributed by atoms with van der Waals surface area (Å²) in [5.74, 6) is 1.20. The summed E-state index contributed by atoms with van der Waals surface area (Å²) >= 11 is 0. The molecule has 0 atom stereocenters. The van der Waals surface area contributed by atoms with Crippen LogP contribution >= 0.6 is 0 Å². The van der Waals surface area contributed by atoms with Crippen LogP contribution in [0.15, 0.2) is 59.7 Å². The fraction of sp³-hybridized carbons (Fsp3) is 0.292. The van der Waals surface area contributed by atoms with Crippen LogP contribution in [-0.4, -0.2) is 35.2 Å². The van der Waals surface area contributed by atoms with Gasteiger partial charge in [-0.15, -0.1) is 0 Å². The third kappa shape index (κ3) is 6.44. The molecule has 0 saturated carbocycles. The quantitative estimate of drug-likeness (QED) is 0.574. The minimum absolute atomic E-state index is 0.0767. The second kappa shape index (κ2) is 10.4. The van der Waals surface area contributed by atoms with Crippen molar-refractivity contribution in [3.8, 4) is 22.8 Å². The molecule has 0 spiro atoms. The lowest BCUT2D eigenvalue weighted by atomic mass is 10.1. The third-order valence-electron chi connectivity index (χ3n) is 4.58. The van der Waals surface area contributed by atoms with Crippen molar-refractivity contribution in [2.75, 3.05) is 19.8 Å². The predicted molar refractivity (Wildman–Crippen MR) is 120 cm³/mol. The second-order valence-electron chi connectivity index (χ2n) is 7.23. The van der Waals surface area contributed by atoms with Crippen LogP contribution < -0.4 is 20.3 Å². The maximum absolute atomic E-state index is 12.4. The first kappa shape index (κ1) is 22.1. The Morgan fingerprint density at radius 2 is 1.71 bits per heavy atom. The maximum atomic E-state index is 12.4. The van der Waals surface area contributed by atoms with Crippen LogP contribution in [-0.2, 0) is 11.3 Å². The van der Waals surface area contributed by atoms with Crippen molar-refractivity contribution < 1.29 is 14.3 Å². The van der Waals surface area contributed by atoms with E-state index in [1.54, 1.807) is 0 Å². The monoisotopic (exact) mass is 421 g/mol. The maximum Gasteiger partial charge on any atom is 0.258 e. The van der Waals surface area contributed by atoms with Gasteiger partial charge in [-0.1, -0.05) is 6.07 Å². The van der Waals surface area contributed by atoms with E-state index in [4.69, 9.17) is 9.47 Å². The van der Waals surface area contributed by atoms with Gasteiger partial charge in [-0.3, -0.25) is 14.2 Å². The Balaban J connectivity index is 1.50. The Morgan fingerprint density at radius 1 is 1.00 bits per heavy atom. The number of ether oxygens (including phenoxy) is 2. The molecule has 7 nitrogen and oxygen atoms in total. The summed E-state index contributed by atoms with van der Waals surface area (Å²) in [5, 5.41) is 2.76. The van der Waals surface area contributed by atoms with Crippen molar-refractivity contribution in [1.29, 1.82) is 0 Å². The largest absolute Gasteiger partial charge is 0.494 e. The molecular formula is C24H27N3O4. The van der Waals surface area contributed by atoms with E-state index in [1.165, 1.54) is 17.0 Å². The van der Waals surface area contributed by atoms with Crippen LogP contribution in [0.4, 0.5) is 0 Å². The number of benzene rings is 2. The van der Waals surface area contributed by atoms with Crippen LogP contribution in [0.25, 0.3) is 11.3 Å². The first-order chi connectivity index (χ1) is 14.9. The fourth-order valence-electron chi connectivity index (χ4n) is 3.17. The first-order valence-corrected chi connectivity index (χ1v) is 10.2. The second-order valence-corrected chi connectivity index (χ2v) is 7.23. The van der Waals surface area contributed by atoms with Crippen LogP contribution in [0.1, 0.15) is 18.1 Å². The van der Waals surface area contributed by atoms with Gasteiger partial charge >= 0.3 is 0 Å². The molecule has 7 heteroatoms. The number of rotatable bonds is 9. The molecule has 0 radical (unpaired) electrons. The van der Waals surface area contributed by atoms with E-state index in [9.17, 15) is 9.59 Å². The van der Waals surface area contributed by atoms with E-state index >= 15 is 0 Å². The van der Waals surface area contributed by atoms with E-state index in [0.29, 0.717) is 31.1 Å². The van der Waals surface area contributed by atoms with Gasteiger partial charge in [-0.05, 0) is 68.3 Å². The summed E-state index contributed by atoms with van der Waals surface area (Å²) in [6, 6.07) is 14.7. The Hall–Kier alpha value is -3.61. The van der Waals surface area contributed by atoms with Crippen molar-refractivity contribution in [2.24, 2.45) is 0 Å². The summed E-state index contributed by atoms with van der Waals surface area (Å²) in [5.41, 5.74) is 3.41. The lowest BCUT2D eigenvalue weighted by Crippen LogP contribution is -2.33. The number of hydrogen-bond donors (Lipinski definition) is 1. The Morgan fingerprint density at radius 3 is 2.35 bits per heavy atom. The molecule has 2 aromatic carbocycles. The Kier molecular flexibility index (Phi) is 7.43. The molecule has 0 bridgehead atoms. The highest BCUT2D eigenvalue weighted by Gasteiger charge is 2.06. The van der Waals surface area contributed by atoms with Gasteiger partial charge in [-0.2, -0.15) is 0 Å². The van der Waals surface area contributed by atoms with Gasteiger partial charge in [-0.25, -0.2) is 4.98 Å². The Labute approximate surface area is 181 Å². The minimum Gasteiger partial charge on any atom is -0.494 e. The number of nitrogens with zero attached hydrogens (tertiary/aromatic N) is 2. The highest BCUT2D eigenvalue weighted by atomic mass is 16.5. The molecule has 162 valence electrons. The van der Waals surface area contributed by atoms with E-state index in [0.717, 1.165) is 22.4 Å². The minimum atomic E-state index is -0.244. The topological polar surface area (TPSA) is 82.5 Å². The molecule has 0 fully saturated rings. The molecule has 0 aliphatic carbocycles. The van der Waals surface area contributed by atoms with E-state index in [2.05, 4.69) is 10.3 Å². The molecular weight excluding hydrogens is 394 g/mol. The first-order valence-electron chi connectivity index (χ1n) is 10.2. The summed E-state index contributed by atoms with van der Waals surface area (Å²) in [6.07, 6.45) is 1.49. The highest BCUT2D eigenvalue weighted by Crippen LogP contribution is 2.19. The molecule has 3 rings (SSSR count). The summed E-state index contributed by atoms with van der Waals surface area (Å²) < 4.78 is 12.4. The van der Waals surface area contributed by atoms with Crippen LogP contribution in [0.2, 0.25) is 0 Å². The van der Waals surface area contributed by atoms with Crippen LogP contribution in [0, 0.1) is 13.8 Å². The van der Waals surface area contributed by atoms with E-state index in [1.807, 2.05) is 63.2 Å². The van der Waals surface area contributed by atoms with Gasteiger partial charge in [0.2, 0.25) is 0 Å². The van der Waals surface area contributed by atoms with Gasteiger partial charge in [0, 0.05) is 24.7 Å². The van der Waals surface area contributed by atoms with Gasteiger partial charge in [0.25, 0.3) is 11.5 Å². The number of aromatic nitrogens is 2. The molecule has 1 aromatic heterocycles. The molecule has 0 aliphatic heterocycles. The van der Waals surface area contributed by atoms with E-state index in [-0.39, 0.29) is 18.1 Å². The summed E-state index contributed by atoms with van der Waals surface area (Å²) in [6.45, 7) is 7.04. The van der Waals surface area contributed by atoms with Gasteiger partial charge < -0.3 is 14.8 Å². The van der Waals surface area contributed by atoms with Crippen molar-refractivity contribution in [3.63, 3.8) is 0 Å². The fourth-order valence-corrected chi connectivity index (χ4v) is 3.17. The molecule has 1 N–H and O–H groups in total. The Bertz CT molecular complexity index is 1070. The number of aryl methyl sites for hydroxylation is 2. The number of hydrogen-bond acceptors (Lipinski definition) is 5. The molecule has 31 heavy (non-hydrogen) atoms. The van der Waals surface area contributed by atoms with Crippen molar-refractivity contribution in [1.82, 2.24) is 14.9 Å². The normalized spacial score (nSPS) is 10.5. The van der Waals surface area contributed by atoms with Crippen LogP contribution in [0.5, 0.6) is 11.5 Å². The number of carbonyl (C=O) groups excluding carboxylic acids is 1. The van der Waals surface area contributed by atoms with Crippen molar-refractivity contribution in [3.05, 3.63) is 76.3 Å². The van der Waals surface area contributed by atoms with Crippen molar-refractivity contribution in [2.45, 2.75) is 27.3 Å². The molecule has 0 unspecified atom stereocenters. The summed E-state index contributed by atoms with van der Waals surface area (Å²) in [4.78, 5) is 28.8. The predicted octanol–water partition coefficient (Wildman–Crippen LogP) is 3.12. The lowest BCUT2D eigenvalue weighted by molar-refractivity contribution is -0.123. The zero-order valence-electron chi connectivity index (χ0n) is 18.1. The molecule has 1 heterocycles. The van der Waals surface area contributed by atoms with Crippen LogP contribution in [0.3, 0.4) is 0 Å². The molecule has 3 aromatic rings. The molecule has 1 amide bonds. The van der Waals surface area contributed by atoms with Crippen molar-refractivity contribution >= 4 is 5.91 Å². The molecule has 0 aliphatic rings. The SMILES string of the molecule is CCOc1ccc(-c2cc(=O)n(CCNC(=O)COc3cc(C)cc(C)c3)cn2)cc1. The average molecular weight is 421 g/mol. The number of nitrogens with one attached hydrogen (secondary N) is 1. The van der Waals surface area contributed by atoms with Gasteiger partial charge in [0.1, 0.15) is 11.5 Å². The van der Waals surface area contributed by atoms with E-state index < -0.39 is 0 Å². The summed E-state index contributed by atoms with van der Waals surface area (Å²) in [7, 11) is 0.